The number of oxime groups is 1. The average Bonchev–Trinajstić information content (AvgIpc) is 3.48. The number of hydrogen-bond acceptors (Lipinski definition) is 15. The molecule has 1 saturated heterocycles. The molecule has 1 fully saturated rings. The quantitative estimate of drug-likeness (QED) is 0.108. The van der Waals surface area contributed by atoms with Crippen LogP contribution in [0.2, 0.25) is 0 Å². The number of thiazole rings is 2. The Labute approximate surface area is 244 Å². The lowest BCUT2D eigenvalue weighted by atomic mass is 10.1. The number of anilines is 1. The van der Waals surface area contributed by atoms with Crippen LogP contribution in [0.15, 0.2) is 26.3 Å². The van der Waals surface area contributed by atoms with E-state index in [1.807, 2.05) is 0 Å². The number of fused-ring (bicyclic) bond motifs is 1. The summed E-state index contributed by atoms with van der Waals surface area (Å²) in [5.74, 6) is -1.02. The number of hydrogen-bond donors (Lipinski definition) is 3. The van der Waals surface area contributed by atoms with Gasteiger partial charge in [-0.3, -0.25) is 19.3 Å². The highest BCUT2D eigenvalue weighted by molar-refractivity contribution is 8.01. The van der Waals surface area contributed by atoms with Gasteiger partial charge in [0.2, 0.25) is 5.88 Å². The maximum Gasteiger partial charge on any atom is 0.512 e. The second-order valence-corrected chi connectivity index (χ2v) is 12.4. The van der Waals surface area contributed by atoms with Crippen LogP contribution in [0, 0.1) is 6.92 Å². The van der Waals surface area contributed by atoms with Crippen LogP contribution in [0.4, 0.5) is 9.93 Å². The minimum atomic E-state index is -1.57. The molecule has 2 aromatic rings. The van der Waals surface area contributed by atoms with Crippen LogP contribution < -0.4 is 11.1 Å². The van der Waals surface area contributed by atoms with Crippen LogP contribution in [0.25, 0.3) is 0 Å². The van der Waals surface area contributed by atoms with Crippen molar-refractivity contribution in [2.24, 2.45) is 5.16 Å². The highest BCUT2D eigenvalue weighted by atomic mass is 32.2. The molecule has 0 radical (unpaired) electrons. The number of esters is 1. The molecule has 2 amide bonds. The second-order valence-electron chi connectivity index (χ2n) is 8.09. The molecule has 2 aromatic heterocycles. The molecule has 18 heteroatoms. The number of nitrogens with one attached hydrogen (secondary N) is 1. The molecule has 0 aromatic carbocycles. The van der Waals surface area contributed by atoms with E-state index in [-0.39, 0.29) is 34.8 Å². The fourth-order valence-corrected chi connectivity index (χ4v) is 7.95. The highest BCUT2D eigenvalue weighted by Crippen LogP contribution is 2.42. The van der Waals surface area contributed by atoms with E-state index >= 15 is 0 Å². The van der Waals surface area contributed by atoms with Crippen molar-refractivity contribution in [1.82, 2.24) is 20.2 Å². The number of aromatic nitrogens is 2. The van der Waals surface area contributed by atoms with Gasteiger partial charge in [-0.1, -0.05) is 16.9 Å². The van der Waals surface area contributed by atoms with E-state index in [4.69, 9.17) is 20.0 Å². The lowest BCUT2D eigenvalue weighted by Gasteiger charge is -2.49. The molecule has 0 saturated carbocycles. The number of nitrogen functional groups attached to an aromatic ring is 1. The summed E-state index contributed by atoms with van der Waals surface area (Å²) in [7, 11) is 1.27. The van der Waals surface area contributed by atoms with Gasteiger partial charge in [-0.15, -0.1) is 34.4 Å². The van der Waals surface area contributed by atoms with Crippen LogP contribution >= 0.6 is 46.2 Å². The molecule has 4 rings (SSSR count). The zero-order valence-corrected chi connectivity index (χ0v) is 24.6. The molecule has 0 spiro atoms. The summed E-state index contributed by atoms with van der Waals surface area (Å²) in [5.41, 5.74) is 6.98. The Morgan fingerprint density at radius 2 is 2.12 bits per heavy atom. The van der Waals surface area contributed by atoms with Crippen molar-refractivity contribution >= 4 is 81.0 Å². The van der Waals surface area contributed by atoms with E-state index in [9.17, 15) is 24.3 Å². The summed E-state index contributed by atoms with van der Waals surface area (Å²) in [4.78, 5) is 64.6. The summed E-state index contributed by atoms with van der Waals surface area (Å²) in [6.45, 7) is 3.83. The van der Waals surface area contributed by atoms with Crippen LogP contribution in [-0.4, -0.2) is 86.3 Å². The van der Waals surface area contributed by atoms with E-state index in [0.717, 1.165) is 16.2 Å². The van der Waals surface area contributed by atoms with Crippen LogP contribution in [-0.2, 0) is 35.1 Å². The van der Waals surface area contributed by atoms with Crippen molar-refractivity contribution in [3.8, 4) is 0 Å². The molecule has 0 aliphatic carbocycles. The monoisotopic (exact) mass is 628 g/mol. The Hall–Kier alpha value is -3.35. The van der Waals surface area contributed by atoms with Gasteiger partial charge >= 0.3 is 12.1 Å². The Kier molecular flexibility index (Phi) is 9.54. The summed E-state index contributed by atoms with van der Waals surface area (Å²) in [5, 5.41) is 16.9. The average molecular weight is 629 g/mol. The number of amides is 2. The summed E-state index contributed by atoms with van der Waals surface area (Å²) >= 11 is 5.16. The highest BCUT2D eigenvalue weighted by Gasteiger charge is 2.54. The number of aryl methyl sites for hydroxylation is 1. The van der Waals surface area contributed by atoms with E-state index in [1.54, 1.807) is 13.8 Å². The molecular weight excluding hydrogens is 605 g/mol. The summed E-state index contributed by atoms with van der Waals surface area (Å²) in [6.07, 6.45) is -1.45. The Morgan fingerprint density at radius 1 is 1.35 bits per heavy atom. The zero-order valence-electron chi connectivity index (χ0n) is 21.4. The molecule has 0 unspecified atom stereocenters. The number of nitrogens with two attached hydrogens (primary N) is 1. The van der Waals surface area contributed by atoms with E-state index in [0.29, 0.717) is 33.7 Å². The number of carbonyl (C=O) groups is 4. The Balaban J connectivity index is 1.46. The molecule has 2 atom stereocenters. The fraction of sp³-hybridized carbons (Fsp3) is 0.409. The first kappa shape index (κ1) is 29.6. The number of rotatable bonds is 11. The van der Waals surface area contributed by atoms with Crippen molar-refractivity contribution in [2.45, 2.75) is 36.0 Å². The Bertz CT molecular complexity index is 1390. The maximum absolute atomic E-state index is 13.1. The third kappa shape index (κ3) is 6.51. The zero-order chi connectivity index (χ0) is 29.0. The molecule has 14 nitrogen and oxygen atoms in total. The molecule has 2 aliphatic heterocycles. The first-order chi connectivity index (χ1) is 19.1. The van der Waals surface area contributed by atoms with Crippen molar-refractivity contribution in [2.75, 3.05) is 31.0 Å². The number of carbonyl (C=O) groups excluding carboxylic acids is 3. The number of nitrogens with zero attached hydrogens (tertiary/aromatic N) is 4. The topological polar surface area (TPSA) is 196 Å². The number of β-lactam (4-membered cyclic amide) rings is 1. The van der Waals surface area contributed by atoms with Crippen LogP contribution in [0.3, 0.4) is 0 Å². The minimum Gasteiger partial charge on any atom is -0.466 e. The molecule has 214 valence electrons. The largest absolute Gasteiger partial charge is 0.512 e. The van der Waals surface area contributed by atoms with Gasteiger partial charge in [0.05, 0.1) is 18.7 Å². The van der Waals surface area contributed by atoms with E-state index < -0.39 is 29.4 Å². The van der Waals surface area contributed by atoms with Crippen molar-refractivity contribution in [1.29, 1.82) is 0 Å². The second kappa shape index (κ2) is 12.9. The lowest BCUT2D eigenvalue weighted by Crippen LogP contribution is -2.70. The van der Waals surface area contributed by atoms with Crippen LogP contribution in [0.1, 0.15) is 23.2 Å². The van der Waals surface area contributed by atoms with Gasteiger partial charge < -0.3 is 30.5 Å². The van der Waals surface area contributed by atoms with E-state index in [1.165, 1.54) is 52.3 Å². The number of ether oxygens (including phenoxy) is 2. The van der Waals surface area contributed by atoms with Gasteiger partial charge in [0.15, 0.2) is 15.2 Å². The van der Waals surface area contributed by atoms with Crippen molar-refractivity contribution in [3.63, 3.8) is 0 Å². The first-order valence-electron chi connectivity index (χ1n) is 11.6. The Morgan fingerprint density at radius 3 is 2.77 bits per heavy atom. The smallest absolute Gasteiger partial charge is 0.466 e. The SMILES string of the molecule is CCOC(=O)Cc1sc(SCC2=C(OC(=O)O)N3C(=O)[C@@H](NC(=O)C(=NOC)c4csc(N)n4)[C@@H]3SC2)nc1C. The predicted octanol–water partition coefficient (Wildman–Crippen LogP) is 2.04. The molecule has 4 N–H and O–H groups in total. The molecule has 2 aliphatic rings. The third-order valence-corrected chi connectivity index (χ3v) is 9.88. The summed E-state index contributed by atoms with van der Waals surface area (Å²) < 4.78 is 10.7. The minimum absolute atomic E-state index is 0.0858. The molecule has 4 heterocycles. The lowest BCUT2D eigenvalue weighted by molar-refractivity contribution is -0.148. The number of thioether (sulfide) groups is 2. The van der Waals surface area contributed by atoms with Crippen molar-refractivity contribution < 1.29 is 38.6 Å². The van der Waals surface area contributed by atoms with Gasteiger partial charge in [0.25, 0.3) is 11.8 Å². The standard InChI is InChI=1S/C22H24N6O8S4/c1-4-35-13(29)5-12-9(2)24-21(40-12)39-7-10-6-37-19-15(17(31)28(19)18(10)36-22(32)33)26-16(30)14(27-34-3)11-8-38-20(23)25-11/h8,15,19H,4-7H2,1-3H3,(H2,23,25)(H,26,30)(H,32,33)/t15-,19+/m1/s1. The predicted molar refractivity (Wildman–Crippen MR) is 149 cm³/mol. The molecule has 0 bridgehead atoms. The van der Waals surface area contributed by atoms with Gasteiger partial charge in [-0.2, -0.15) is 0 Å². The van der Waals surface area contributed by atoms with Gasteiger partial charge in [-0.25, -0.2) is 14.8 Å². The van der Waals surface area contributed by atoms with Gasteiger partial charge in [-0.05, 0) is 13.8 Å². The summed E-state index contributed by atoms with van der Waals surface area (Å²) in [6, 6.07) is -0.954. The van der Waals surface area contributed by atoms with Crippen molar-refractivity contribution in [3.05, 3.63) is 33.1 Å². The van der Waals surface area contributed by atoms with E-state index in [2.05, 4.69) is 20.4 Å². The third-order valence-electron chi connectivity index (χ3n) is 5.48. The van der Waals surface area contributed by atoms with Gasteiger partial charge in [0, 0.05) is 27.3 Å². The fourth-order valence-electron chi connectivity index (χ4n) is 3.73. The maximum atomic E-state index is 13.1. The van der Waals surface area contributed by atoms with Gasteiger partial charge in [0.1, 0.15) is 24.2 Å². The first-order valence-corrected chi connectivity index (χ1v) is 15.3. The number of carboxylic acid groups (broad SMARTS) is 1. The van der Waals surface area contributed by atoms with Crippen LogP contribution in [0.5, 0.6) is 0 Å². The molecule has 40 heavy (non-hydrogen) atoms. The molecular formula is C22H24N6O8S4. The normalized spacial score (nSPS) is 18.6.